The van der Waals surface area contributed by atoms with Crippen LogP contribution in [-0.4, -0.2) is 28.1 Å². The summed E-state index contributed by atoms with van der Waals surface area (Å²) in [6.07, 6.45) is 1.73. The smallest absolute Gasteiger partial charge is 0.287 e. The molecule has 156 valence electrons. The van der Waals surface area contributed by atoms with E-state index in [9.17, 15) is 9.59 Å². The predicted molar refractivity (Wildman–Crippen MR) is 119 cm³/mol. The van der Waals surface area contributed by atoms with Crippen LogP contribution in [0.25, 0.3) is 10.6 Å². The van der Waals surface area contributed by atoms with Gasteiger partial charge in [0.15, 0.2) is 5.76 Å². The quantitative estimate of drug-likeness (QED) is 0.459. The molecule has 7 nitrogen and oxygen atoms in total. The Balaban J connectivity index is 1.50. The minimum atomic E-state index is -0.813. The third kappa shape index (κ3) is 5.23. The van der Waals surface area contributed by atoms with Gasteiger partial charge in [0.1, 0.15) is 11.0 Å². The first-order chi connectivity index (χ1) is 15.1. The molecule has 2 amide bonds. The Kier molecular flexibility index (Phi) is 6.18. The molecule has 2 heterocycles. The number of hydrogen-bond acceptors (Lipinski definition) is 6. The molecule has 0 fully saturated rings. The summed E-state index contributed by atoms with van der Waals surface area (Å²) in [6.45, 7) is 2.01. The number of aryl methyl sites for hydroxylation is 1. The van der Waals surface area contributed by atoms with Gasteiger partial charge in [-0.15, -0.1) is 10.2 Å². The van der Waals surface area contributed by atoms with Crippen LogP contribution < -0.4 is 10.6 Å². The Morgan fingerprint density at radius 1 is 1.00 bits per heavy atom. The molecule has 2 N–H and O–H groups in total. The van der Waals surface area contributed by atoms with Gasteiger partial charge in [-0.2, -0.15) is 0 Å². The van der Waals surface area contributed by atoms with Crippen molar-refractivity contribution in [2.75, 3.05) is 5.32 Å². The maximum atomic E-state index is 13.0. The number of nitrogens with one attached hydrogen (secondary N) is 2. The molecule has 0 saturated carbocycles. The van der Waals surface area contributed by atoms with Gasteiger partial charge in [-0.1, -0.05) is 71.5 Å². The zero-order chi connectivity index (χ0) is 21.6. The van der Waals surface area contributed by atoms with Crippen LogP contribution in [0.4, 0.5) is 5.13 Å². The number of furan rings is 1. The van der Waals surface area contributed by atoms with Gasteiger partial charge in [-0.3, -0.25) is 14.9 Å². The van der Waals surface area contributed by atoms with Crippen molar-refractivity contribution in [3.05, 3.63) is 89.9 Å². The number of benzene rings is 2. The summed E-state index contributed by atoms with van der Waals surface area (Å²) < 4.78 is 5.14. The number of anilines is 1. The lowest BCUT2D eigenvalue weighted by Gasteiger charge is -2.17. The van der Waals surface area contributed by atoms with Crippen LogP contribution in [0, 0.1) is 6.92 Å². The van der Waals surface area contributed by atoms with Crippen LogP contribution in [0.5, 0.6) is 0 Å². The van der Waals surface area contributed by atoms with Gasteiger partial charge < -0.3 is 9.73 Å². The highest BCUT2D eigenvalue weighted by atomic mass is 32.1. The fourth-order valence-electron chi connectivity index (χ4n) is 2.98. The molecule has 0 aliphatic rings. The van der Waals surface area contributed by atoms with Gasteiger partial charge in [-0.05, 0) is 24.6 Å². The lowest BCUT2D eigenvalue weighted by Crippen LogP contribution is -2.45. The van der Waals surface area contributed by atoms with E-state index >= 15 is 0 Å². The Morgan fingerprint density at radius 3 is 2.48 bits per heavy atom. The molecule has 4 aromatic rings. The van der Waals surface area contributed by atoms with E-state index in [2.05, 4.69) is 20.8 Å². The minimum Gasteiger partial charge on any atom is -0.459 e. The summed E-state index contributed by atoms with van der Waals surface area (Å²) >= 11 is 1.28. The second kappa shape index (κ2) is 9.36. The Hall–Kier alpha value is -3.78. The number of carbonyl (C=O) groups excluding carboxylic acids is 2. The molecule has 4 rings (SSSR count). The van der Waals surface area contributed by atoms with Crippen LogP contribution >= 0.6 is 11.3 Å². The molecule has 2 aromatic heterocycles. The maximum Gasteiger partial charge on any atom is 0.287 e. The predicted octanol–water partition coefficient (Wildman–Crippen LogP) is 4.09. The zero-order valence-electron chi connectivity index (χ0n) is 16.7. The largest absolute Gasteiger partial charge is 0.459 e. The average molecular weight is 433 g/mol. The Labute approximate surface area is 183 Å². The van der Waals surface area contributed by atoms with Crippen molar-refractivity contribution in [2.45, 2.75) is 19.4 Å². The van der Waals surface area contributed by atoms with E-state index in [1.165, 1.54) is 17.6 Å². The van der Waals surface area contributed by atoms with Crippen molar-refractivity contribution < 1.29 is 14.0 Å². The van der Waals surface area contributed by atoms with Crippen molar-refractivity contribution in [3.8, 4) is 10.6 Å². The van der Waals surface area contributed by atoms with E-state index in [4.69, 9.17) is 4.42 Å². The summed E-state index contributed by atoms with van der Waals surface area (Å²) in [4.78, 5) is 25.5. The van der Waals surface area contributed by atoms with E-state index < -0.39 is 11.9 Å². The standard InChI is InChI=1S/C23H20N4O3S/c1-15-9-11-17(12-10-15)22-26-27-23(31-22)25-20(28)18(14-16-6-3-2-4-7-16)24-21(29)19-8-5-13-30-19/h2-13,18H,14H2,1H3,(H,24,29)(H,25,27,28). The number of nitrogens with zero attached hydrogens (tertiary/aromatic N) is 2. The lowest BCUT2D eigenvalue weighted by molar-refractivity contribution is -0.118. The third-order valence-electron chi connectivity index (χ3n) is 4.60. The van der Waals surface area contributed by atoms with E-state index in [0.29, 0.717) is 16.6 Å². The molecule has 0 spiro atoms. The number of rotatable bonds is 7. The highest BCUT2D eigenvalue weighted by Gasteiger charge is 2.24. The Bertz CT molecular complexity index is 1160. The second-order valence-electron chi connectivity index (χ2n) is 6.96. The van der Waals surface area contributed by atoms with Gasteiger partial charge >= 0.3 is 0 Å². The van der Waals surface area contributed by atoms with Crippen LogP contribution in [0.3, 0.4) is 0 Å². The second-order valence-corrected chi connectivity index (χ2v) is 7.94. The number of hydrogen-bond donors (Lipinski definition) is 2. The molecule has 0 bridgehead atoms. The molecule has 0 radical (unpaired) electrons. The van der Waals surface area contributed by atoms with Crippen LogP contribution in [-0.2, 0) is 11.2 Å². The summed E-state index contributed by atoms with van der Waals surface area (Å²) in [5.41, 5.74) is 2.99. The summed E-state index contributed by atoms with van der Waals surface area (Å²) in [5.74, 6) is -0.697. The van der Waals surface area contributed by atoms with E-state index in [1.807, 2.05) is 61.5 Å². The lowest BCUT2D eigenvalue weighted by atomic mass is 10.1. The normalized spacial score (nSPS) is 11.6. The van der Waals surface area contributed by atoms with Gasteiger partial charge in [0.05, 0.1) is 6.26 Å². The fraction of sp³-hybridized carbons (Fsp3) is 0.130. The van der Waals surface area contributed by atoms with Crippen molar-refractivity contribution >= 4 is 28.3 Å². The first-order valence-electron chi connectivity index (χ1n) is 9.68. The Morgan fingerprint density at radius 2 is 1.77 bits per heavy atom. The highest BCUT2D eigenvalue weighted by molar-refractivity contribution is 7.18. The molecule has 2 aromatic carbocycles. The van der Waals surface area contributed by atoms with E-state index in [-0.39, 0.29) is 11.7 Å². The third-order valence-corrected chi connectivity index (χ3v) is 5.49. The van der Waals surface area contributed by atoms with Gasteiger partial charge in [0.2, 0.25) is 11.0 Å². The molecule has 1 atom stereocenters. The van der Waals surface area contributed by atoms with Crippen LogP contribution in [0.1, 0.15) is 21.7 Å². The van der Waals surface area contributed by atoms with Crippen LogP contribution in [0.15, 0.2) is 77.4 Å². The van der Waals surface area contributed by atoms with E-state index in [0.717, 1.165) is 16.7 Å². The van der Waals surface area contributed by atoms with E-state index in [1.54, 1.807) is 12.1 Å². The van der Waals surface area contributed by atoms with Crippen LogP contribution in [0.2, 0.25) is 0 Å². The van der Waals surface area contributed by atoms with Crippen molar-refractivity contribution in [1.82, 2.24) is 15.5 Å². The molecular weight excluding hydrogens is 412 g/mol. The monoisotopic (exact) mass is 432 g/mol. The van der Waals surface area contributed by atoms with Crippen molar-refractivity contribution in [2.24, 2.45) is 0 Å². The average Bonchev–Trinajstić information content (AvgIpc) is 3.47. The maximum absolute atomic E-state index is 13.0. The van der Waals surface area contributed by atoms with Crippen molar-refractivity contribution in [3.63, 3.8) is 0 Å². The molecule has 0 aliphatic heterocycles. The van der Waals surface area contributed by atoms with Gasteiger partial charge in [0, 0.05) is 12.0 Å². The summed E-state index contributed by atoms with van der Waals surface area (Å²) in [6, 6.07) is 19.7. The molecule has 0 aliphatic carbocycles. The number of aromatic nitrogens is 2. The van der Waals surface area contributed by atoms with Gasteiger partial charge in [0.25, 0.3) is 5.91 Å². The highest BCUT2D eigenvalue weighted by Crippen LogP contribution is 2.26. The summed E-state index contributed by atoms with van der Waals surface area (Å²) in [5, 5.41) is 14.8. The molecular formula is C23H20N4O3S. The molecule has 0 saturated heterocycles. The summed E-state index contributed by atoms with van der Waals surface area (Å²) in [7, 11) is 0. The molecule has 31 heavy (non-hydrogen) atoms. The SMILES string of the molecule is Cc1ccc(-c2nnc(NC(=O)C(Cc3ccccc3)NC(=O)c3ccco3)s2)cc1. The molecule has 8 heteroatoms. The minimum absolute atomic E-state index is 0.142. The first-order valence-corrected chi connectivity index (χ1v) is 10.5. The topological polar surface area (TPSA) is 97.1 Å². The van der Waals surface area contributed by atoms with Gasteiger partial charge in [-0.25, -0.2) is 0 Å². The fourth-order valence-corrected chi connectivity index (χ4v) is 3.73. The zero-order valence-corrected chi connectivity index (χ0v) is 17.6. The number of carbonyl (C=O) groups is 2. The van der Waals surface area contributed by atoms with Crippen molar-refractivity contribution in [1.29, 1.82) is 0 Å². The first kappa shape index (κ1) is 20.5. The number of amides is 2. The molecule has 1 unspecified atom stereocenters.